The molecule has 0 radical (unpaired) electrons. The van der Waals surface area contributed by atoms with Gasteiger partial charge >= 0.3 is 0 Å². The normalized spacial score (nSPS) is 10.1. The SMILES string of the molecule is Nc1ccc(F)cc1Oc1ccncc1Br. The van der Waals surface area contributed by atoms with Gasteiger partial charge in [-0.3, -0.25) is 4.98 Å². The smallest absolute Gasteiger partial charge is 0.153 e. The number of hydrogen-bond acceptors (Lipinski definition) is 3. The van der Waals surface area contributed by atoms with E-state index in [9.17, 15) is 4.39 Å². The molecule has 1 aromatic heterocycles. The Morgan fingerprint density at radius 3 is 2.81 bits per heavy atom. The fourth-order valence-electron chi connectivity index (χ4n) is 1.16. The molecule has 3 nitrogen and oxygen atoms in total. The lowest BCUT2D eigenvalue weighted by atomic mass is 10.3. The van der Waals surface area contributed by atoms with E-state index in [4.69, 9.17) is 10.5 Å². The lowest BCUT2D eigenvalue weighted by Gasteiger charge is -2.09. The molecule has 0 atom stereocenters. The maximum atomic E-state index is 13.0. The molecule has 0 bridgehead atoms. The standard InChI is InChI=1S/C11H8BrFN2O/c12-8-6-15-4-3-10(8)16-11-5-7(13)1-2-9(11)14/h1-6H,14H2. The van der Waals surface area contributed by atoms with Gasteiger partial charge in [-0.2, -0.15) is 0 Å². The van der Waals surface area contributed by atoms with Gasteiger partial charge in [0.15, 0.2) is 5.75 Å². The minimum Gasteiger partial charge on any atom is -0.454 e. The Hall–Kier alpha value is -1.62. The van der Waals surface area contributed by atoms with Crippen LogP contribution in [0.5, 0.6) is 11.5 Å². The molecule has 82 valence electrons. The lowest BCUT2D eigenvalue weighted by molar-refractivity contribution is 0.475. The molecule has 0 unspecified atom stereocenters. The summed E-state index contributed by atoms with van der Waals surface area (Å²) >= 11 is 3.27. The van der Waals surface area contributed by atoms with Crippen LogP contribution in [0.2, 0.25) is 0 Å². The molecule has 0 fully saturated rings. The van der Waals surface area contributed by atoms with Gasteiger partial charge in [-0.1, -0.05) is 0 Å². The second-order valence-electron chi connectivity index (χ2n) is 3.09. The highest BCUT2D eigenvalue weighted by Gasteiger charge is 2.06. The van der Waals surface area contributed by atoms with Gasteiger partial charge in [0, 0.05) is 24.5 Å². The maximum Gasteiger partial charge on any atom is 0.153 e. The number of aromatic nitrogens is 1. The Kier molecular flexibility index (Phi) is 3.05. The van der Waals surface area contributed by atoms with E-state index in [0.29, 0.717) is 15.9 Å². The number of halogens is 2. The summed E-state index contributed by atoms with van der Waals surface area (Å²) in [5, 5.41) is 0. The zero-order chi connectivity index (χ0) is 11.5. The van der Waals surface area contributed by atoms with Gasteiger partial charge in [-0.15, -0.1) is 0 Å². The average Bonchev–Trinajstić information content (AvgIpc) is 2.27. The van der Waals surface area contributed by atoms with Crippen molar-refractivity contribution in [2.75, 3.05) is 5.73 Å². The van der Waals surface area contributed by atoms with Crippen molar-refractivity contribution in [2.45, 2.75) is 0 Å². The number of rotatable bonds is 2. The number of benzene rings is 1. The van der Waals surface area contributed by atoms with E-state index in [0.717, 1.165) is 0 Å². The summed E-state index contributed by atoms with van der Waals surface area (Å²) in [4.78, 5) is 3.89. The fraction of sp³-hybridized carbons (Fsp3) is 0. The predicted molar refractivity (Wildman–Crippen MR) is 62.8 cm³/mol. The Bertz CT molecular complexity index is 519. The van der Waals surface area contributed by atoms with Crippen LogP contribution < -0.4 is 10.5 Å². The first-order chi connectivity index (χ1) is 7.66. The van der Waals surface area contributed by atoms with Crippen LogP contribution in [0.4, 0.5) is 10.1 Å². The molecule has 0 aliphatic heterocycles. The molecule has 0 spiro atoms. The highest BCUT2D eigenvalue weighted by atomic mass is 79.9. The number of nitrogen functional groups attached to an aromatic ring is 1. The van der Waals surface area contributed by atoms with E-state index in [1.807, 2.05) is 0 Å². The lowest BCUT2D eigenvalue weighted by Crippen LogP contribution is -1.93. The van der Waals surface area contributed by atoms with Gasteiger partial charge in [-0.25, -0.2) is 4.39 Å². The molecule has 0 aliphatic carbocycles. The molecule has 0 aliphatic rings. The van der Waals surface area contributed by atoms with Gasteiger partial charge in [-0.05, 0) is 28.1 Å². The summed E-state index contributed by atoms with van der Waals surface area (Å²) in [6.45, 7) is 0. The van der Waals surface area contributed by atoms with Gasteiger partial charge in [0.25, 0.3) is 0 Å². The number of pyridine rings is 1. The van der Waals surface area contributed by atoms with Gasteiger partial charge in [0.2, 0.25) is 0 Å². The van der Waals surface area contributed by atoms with Crippen LogP contribution in [-0.2, 0) is 0 Å². The first-order valence-electron chi connectivity index (χ1n) is 4.49. The molecule has 0 saturated heterocycles. The molecule has 1 aromatic carbocycles. The molecule has 1 heterocycles. The van der Waals surface area contributed by atoms with Gasteiger partial charge in [0.05, 0.1) is 10.2 Å². The van der Waals surface area contributed by atoms with E-state index in [-0.39, 0.29) is 5.75 Å². The van der Waals surface area contributed by atoms with E-state index in [1.165, 1.54) is 18.2 Å². The van der Waals surface area contributed by atoms with E-state index in [2.05, 4.69) is 20.9 Å². The van der Waals surface area contributed by atoms with E-state index < -0.39 is 5.82 Å². The fourth-order valence-corrected chi connectivity index (χ4v) is 1.49. The van der Waals surface area contributed by atoms with E-state index in [1.54, 1.807) is 18.5 Å². The van der Waals surface area contributed by atoms with Crippen LogP contribution >= 0.6 is 15.9 Å². The summed E-state index contributed by atoms with van der Waals surface area (Å²) in [5.41, 5.74) is 6.04. The molecule has 0 amide bonds. The average molecular weight is 283 g/mol. The highest BCUT2D eigenvalue weighted by molar-refractivity contribution is 9.10. The van der Waals surface area contributed by atoms with Crippen LogP contribution in [0.15, 0.2) is 41.1 Å². The zero-order valence-corrected chi connectivity index (χ0v) is 9.74. The van der Waals surface area contributed by atoms with Crippen molar-refractivity contribution in [1.29, 1.82) is 0 Å². The van der Waals surface area contributed by atoms with Crippen molar-refractivity contribution in [2.24, 2.45) is 0 Å². The van der Waals surface area contributed by atoms with Crippen LogP contribution in [0.3, 0.4) is 0 Å². The topological polar surface area (TPSA) is 48.1 Å². The van der Waals surface area contributed by atoms with Crippen LogP contribution in [-0.4, -0.2) is 4.98 Å². The van der Waals surface area contributed by atoms with Crippen molar-refractivity contribution >= 4 is 21.6 Å². The predicted octanol–water partition coefficient (Wildman–Crippen LogP) is 3.36. The second-order valence-corrected chi connectivity index (χ2v) is 3.94. The third-order valence-corrected chi connectivity index (χ3v) is 2.53. The van der Waals surface area contributed by atoms with Crippen molar-refractivity contribution < 1.29 is 9.13 Å². The highest BCUT2D eigenvalue weighted by Crippen LogP contribution is 2.32. The third-order valence-electron chi connectivity index (χ3n) is 1.93. The second kappa shape index (κ2) is 4.49. The Labute approximate surface area is 100 Å². The van der Waals surface area contributed by atoms with Crippen molar-refractivity contribution in [3.63, 3.8) is 0 Å². The summed E-state index contributed by atoms with van der Waals surface area (Å²) in [6, 6.07) is 5.64. The molecule has 2 aromatic rings. The van der Waals surface area contributed by atoms with Crippen molar-refractivity contribution in [3.05, 3.63) is 46.9 Å². The molecule has 16 heavy (non-hydrogen) atoms. The van der Waals surface area contributed by atoms with Crippen molar-refractivity contribution in [1.82, 2.24) is 4.98 Å². The number of ether oxygens (including phenoxy) is 1. The zero-order valence-electron chi connectivity index (χ0n) is 8.15. The largest absolute Gasteiger partial charge is 0.454 e. The summed E-state index contributed by atoms with van der Waals surface area (Å²) in [6.07, 6.45) is 3.17. The molecular weight excluding hydrogens is 275 g/mol. The first kappa shape index (κ1) is 10.9. The number of nitrogens with two attached hydrogens (primary N) is 1. The van der Waals surface area contributed by atoms with Crippen molar-refractivity contribution in [3.8, 4) is 11.5 Å². The van der Waals surface area contributed by atoms with Crippen LogP contribution in [0.25, 0.3) is 0 Å². The third kappa shape index (κ3) is 2.30. The quantitative estimate of drug-likeness (QED) is 0.860. The summed E-state index contributed by atoms with van der Waals surface area (Å²) in [5.74, 6) is 0.425. The number of hydrogen-bond donors (Lipinski definition) is 1. The summed E-state index contributed by atoms with van der Waals surface area (Å²) < 4.78 is 19.1. The molecule has 2 N–H and O–H groups in total. The Morgan fingerprint density at radius 2 is 2.06 bits per heavy atom. The first-order valence-corrected chi connectivity index (χ1v) is 5.28. The summed E-state index contributed by atoms with van der Waals surface area (Å²) in [7, 11) is 0. The number of anilines is 1. The Morgan fingerprint density at radius 1 is 1.25 bits per heavy atom. The minimum absolute atomic E-state index is 0.284. The molecule has 2 rings (SSSR count). The van der Waals surface area contributed by atoms with Crippen LogP contribution in [0, 0.1) is 5.82 Å². The molecule has 0 saturated carbocycles. The minimum atomic E-state index is -0.394. The maximum absolute atomic E-state index is 13.0. The Balaban J connectivity index is 2.34. The van der Waals surface area contributed by atoms with Gasteiger partial charge < -0.3 is 10.5 Å². The van der Waals surface area contributed by atoms with Crippen LogP contribution in [0.1, 0.15) is 0 Å². The molecular formula is C11H8BrFN2O. The molecule has 5 heteroatoms. The monoisotopic (exact) mass is 282 g/mol. The van der Waals surface area contributed by atoms with E-state index >= 15 is 0 Å². The van der Waals surface area contributed by atoms with Gasteiger partial charge in [0.1, 0.15) is 11.6 Å². The number of nitrogens with zero attached hydrogens (tertiary/aromatic N) is 1.